The SMILES string of the molecule is C1=Cc2c(c3ccccc3n2Cc2ccccc2Cn2c3c(c4ccccc42)CCC=C3)CC1. The monoisotopic (exact) mass is 440 g/mol. The lowest BCUT2D eigenvalue weighted by atomic mass is 10.0. The second-order valence-corrected chi connectivity index (χ2v) is 9.58. The third-order valence-electron chi connectivity index (χ3n) is 7.69. The number of allylic oxidation sites excluding steroid dienone is 2. The molecular weight excluding hydrogens is 412 g/mol. The van der Waals surface area contributed by atoms with Gasteiger partial charge in [0.15, 0.2) is 0 Å². The van der Waals surface area contributed by atoms with Crippen molar-refractivity contribution in [3.63, 3.8) is 0 Å². The molecule has 2 heterocycles. The first-order chi connectivity index (χ1) is 16.9. The summed E-state index contributed by atoms with van der Waals surface area (Å²) in [6.07, 6.45) is 13.9. The van der Waals surface area contributed by atoms with Gasteiger partial charge in [-0.15, -0.1) is 0 Å². The van der Waals surface area contributed by atoms with Gasteiger partial charge in [-0.25, -0.2) is 0 Å². The molecule has 0 aliphatic heterocycles. The zero-order chi connectivity index (χ0) is 22.5. The van der Waals surface area contributed by atoms with Crippen LogP contribution in [0.4, 0.5) is 0 Å². The maximum atomic E-state index is 2.53. The first kappa shape index (κ1) is 19.7. The molecule has 0 unspecified atom stereocenters. The molecule has 2 aromatic heterocycles. The Hall–Kier alpha value is -3.78. The van der Waals surface area contributed by atoms with E-state index in [1.165, 1.54) is 55.4 Å². The summed E-state index contributed by atoms with van der Waals surface area (Å²) < 4.78 is 5.06. The minimum absolute atomic E-state index is 0.896. The topological polar surface area (TPSA) is 9.86 Å². The van der Waals surface area contributed by atoms with E-state index in [9.17, 15) is 0 Å². The van der Waals surface area contributed by atoms with Gasteiger partial charge in [0.1, 0.15) is 0 Å². The number of hydrogen-bond donors (Lipinski definition) is 0. The maximum Gasteiger partial charge on any atom is 0.0491 e. The molecule has 0 fully saturated rings. The number of aryl methyl sites for hydroxylation is 2. The van der Waals surface area contributed by atoms with Crippen molar-refractivity contribution >= 4 is 34.0 Å². The van der Waals surface area contributed by atoms with Gasteiger partial charge < -0.3 is 9.13 Å². The van der Waals surface area contributed by atoms with Crippen LogP contribution in [0.5, 0.6) is 0 Å². The van der Waals surface area contributed by atoms with E-state index < -0.39 is 0 Å². The van der Waals surface area contributed by atoms with E-state index in [1.807, 2.05) is 0 Å². The van der Waals surface area contributed by atoms with Crippen LogP contribution in [0, 0.1) is 0 Å². The highest BCUT2D eigenvalue weighted by atomic mass is 15.0. The summed E-state index contributed by atoms with van der Waals surface area (Å²) in [7, 11) is 0. The number of rotatable bonds is 4. The van der Waals surface area contributed by atoms with Gasteiger partial charge in [-0.05, 0) is 72.2 Å². The average Bonchev–Trinajstić information content (AvgIpc) is 3.39. The Labute approximate surface area is 200 Å². The minimum atomic E-state index is 0.896. The number of hydrogen-bond acceptors (Lipinski definition) is 0. The lowest BCUT2D eigenvalue weighted by molar-refractivity contribution is 0.765. The molecule has 34 heavy (non-hydrogen) atoms. The molecule has 5 aromatic rings. The van der Waals surface area contributed by atoms with Crippen molar-refractivity contribution in [1.82, 2.24) is 9.13 Å². The summed E-state index contributed by atoms with van der Waals surface area (Å²) in [5, 5.41) is 2.82. The van der Waals surface area contributed by atoms with E-state index in [4.69, 9.17) is 0 Å². The Bertz CT molecular complexity index is 1480. The zero-order valence-corrected chi connectivity index (χ0v) is 19.4. The molecule has 0 atom stereocenters. The Kier molecular flexibility index (Phi) is 4.58. The number of para-hydroxylation sites is 2. The smallest absolute Gasteiger partial charge is 0.0491 e. The van der Waals surface area contributed by atoms with Crippen molar-refractivity contribution in [2.75, 3.05) is 0 Å². The van der Waals surface area contributed by atoms with Gasteiger partial charge in [0.05, 0.1) is 0 Å². The van der Waals surface area contributed by atoms with Gasteiger partial charge in [0.25, 0.3) is 0 Å². The van der Waals surface area contributed by atoms with Crippen LogP contribution in [0.1, 0.15) is 46.5 Å². The summed E-state index contributed by atoms with van der Waals surface area (Å²) in [6.45, 7) is 1.79. The highest BCUT2D eigenvalue weighted by Crippen LogP contribution is 2.34. The molecule has 7 rings (SSSR count). The predicted molar refractivity (Wildman–Crippen MR) is 143 cm³/mol. The van der Waals surface area contributed by atoms with E-state index in [0.717, 1.165) is 38.8 Å². The summed E-state index contributed by atoms with van der Waals surface area (Å²) in [5.74, 6) is 0. The lowest BCUT2D eigenvalue weighted by Crippen LogP contribution is -2.10. The Morgan fingerprint density at radius 1 is 0.529 bits per heavy atom. The number of aromatic nitrogens is 2. The largest absolute Gasteiger partial charge is 0.336 e. The van der Waals surface area contributed by atoms with E-state index in [1.54, 1.807) is 0 Å². The molecular formula is C32H28N2. The van der Waals surface area contributed by atoms with E-state index in [0.29, 0.717) is 0 Å². The summed E-state index contributed by atoms with van der Waals surface area (Å²) in [4.78, 5) is 0. The fourth-order valence-corrected chi connectivity index (χ4v) is 6.09. The van der Waals surface area contributed by atoms with Gasteiger partial charge in [-0.2, -0.15) is 0 Å². The molecule has 166 valence electrons. The van der Waals surface area contributed by atoms with Gasteiger partial charge in [-0.1, -0.05) is 72.8 Å². The van der Waals surface area contributed by atoms with Crippen molar-refractivity contribution in [2.45, 2.75) is 38.8 Å². The maximum absolute atomic E-state index is 2.53. The van der Waals surface area contributed by atoms with Crippen LogP contribution in [0.2, 0.25) is 0 Å². The third-order valence-corrected chi connectivity index (χ3v) is 7.69. The van der Waals surface area contributed by atoms with Crippen LogP contribution in [0.15, 0.2) is 84.9 Å². The van der Waals surface area contributed by atoms with Crippen molar-refractivity contribution in [1.29, 1.82) is 0 Å². The zero-order valence-electron chi connectivity index (χ0n) is 19.4. The van der Waals surface area contributed by atoms with Gasteiger partial charge in [0.2, 0.25) is 0 Å². The summed E-state index contributed by atoms with van der Waals surface area (Å²) in [6, 6.07) is 26.9. The quantitative estimate of drug-likeness (QED) is 0.272. The van der Waals surface area contributed by atoms with Gasteiger partial charge >= 0.3 is 0 Å². The van der Waals surface area contributed by atoms with Crippen LogP contribution < -0.4 is 0 Å². The van der Waals surface area contributed by atoms with Crippen LogP contribution in [-0.2, 0) is 25.9 Å². The highest BCUT2D eigenvalue weighted by Gasteiger charge is 2.20. The second kappa shape index (κ2) is 7.92. The standard InChI is InChI=1S/C32H28N2/c1-2-12-24(22-34-31-19-9-5-15-27(31)28-16-6-10-20-32(28)34)23(11-1)21-33-29-17-7-3-13-25(29)26-14-4-8-18-30(26)33/h1-3,5,7-13,15,17-20H,4,6,14,16,21-22H2. The Balaban J connectivity index is 1.35. The van der Waals surface area contributed by atoms with Crippen LogP contribution in [0.3, 0.4) is 0 Å². The molecule has 2 aliphatic carbocycles. The third kappa shape index (κ3) is 3.02. The van der Waals surface area contributed by atoms with Crippen molar-refractivity contribution in [3.8, 4) is 0 Å². The van der Waals surface area contributed by atoms with Crippen LogP contribution >= 0.6 is 0 Å². The Morgan fingerprint density at radius 2 is 0.971 bits per heavy atom. The van der Waals surface area contributed by atoms with Crippen LogP contribution in [-0.4, -0.2) is 9.13 Å². The average molecular weight is 441 g/mol. The van der Waals surface area contributed by atoms with Crippen molar-refractivity contribution < 1.29 is 0 Å². The van der Waals surface area contributed by atoms with E-state index >= 15 is 0 Å². The van der Waals surface area contributed by atoms with Crippen molar-refractivity contribution in [2.24, 2.45) is 0 Å². The number of nitrogens with zero attached hydrogens (tertiary/aromatic N) is 2. The molecule has 0 amide bonds. The molecule has 0 bridgehead atoms. The molecule has 0 radical (unpaired) electrons. The molecule has 0 saturated heterocycles. The first-order valence-electron chi connectivity index (χ1n) is 12.5. The molecule has 0 spiro atoms. The predicted octanol–water partition coefficient (Wildman–Crippen LogP) is 7.61. The summed E-state index contributed by atoms with van der Waals surface area (Å²) >= 11 is 0. The molecule has 2 heteroatoms. The Morgan fingerprint density at radius 3 is 1.47 bits per heavy atom. The van der Waals surface area contributed by atoms with Gasteiger partial charge in [0, 0.05) is 46.3 Å². The normalized spacial score (nSPS) is 14.6. The lowest BCUT2D eigenvalue weighted by Gasteiger charge is -2.17. The van der Waals surface area contributed by atoms with Crippen molar-refractivity contribution in [3.05, 3.63) is 119 Å². The number of fused-ring (bicyclic) bond motifs is 6. The highest BCUT2D eigenvalue weighted by molar-refractivity contribution is 5.90. The molecule has 2 nitrogen and oxygen atoms in total. The second-order valence-electron chi connectivity index (χ2n) is 9.58. The minimum Gasteiger partial charge on any atom is -0.336 e. The fourth-order valence-electron chi connectivity index (χ4n) is 6.09. The molecule has 0 saturated carbocycles. The number of benzene rings is 3. The summed E-state index contributed by atoms with van der Waals surface area (Å²) in [5.41, 5.74) is 11.3. The van der Waals surface area contributed by atoms with Crippen LogP contribution in [0.25, 0.3) is 34.0 Å². The molecule has 3 aromatic carbocycles. The van der Waals surface area contributed by atoms with E-state index in [2.05, 4.69) is 106 Å². The fraction of sp³-hybridized carbons (Fsp3) is 0.188. The first-order valence-corrected chi connectivity index (χ1v) is 12.5. The molecule has 0 N–H and O–H groups in total. The van der Waals surface area contributed by atoms with E-state index in [-0.39, 0.29) is 0 Å². The molecule has 2 aliphatic rings. The van der Waals surface area contributed by atoms with Gasteiger partial charge in [-0.3, -0.25) is 0 Å².